The fourth-order valence-electron chi connectivity index (χ4n) is 8.95. The lowest BCUT2D eigenvalue weighted by molar-refractivity contribution is -0.167. The average Bonchev–Trinajstić information content (AvgIpc) is 3.47. The van der Waals surface area contributed by atoms with Gasteiger partial charge in [-0.05, 0) is 135 Å². The van der Waals surface area contributed by atoms with Crippen molar-refractivity contribution in [1.82, 2.24) is 0 Å². The van der Waals surface area contributed by atoms with Crippen molar-refractivity contribution < 1.29 is 28.6 Å². The number of hydrogen-bond donors (Lipinski definition) is 0. The summed E-state index contributed by atoms with van der Waals surface area (Å²) in [4.78, 5) is 38.4. The first-order valence-electron chi connectivity index (χ1n) is 33.3. The molecule has 0 aromatic rings. The quantitative estimate of drug-likeness (QED) is 0.0261. The number of unbranched alkanes of at least 4 members (excludes halogenated alkanes) is 24. The Morgan fingerprint density at radius 3 is 0.716 bits per heavy atom. The molecule has 0 rings (SSSR count). The van der Waals surface area contributed by atoms with Crippen molar-refractivity contribution in [3.05, 3.63) is 146 Å². The van der Waals surface area contributed by atoms with Crippen molar-refractivity contribution in [2.24, 2.45) is 0 Å². The summed E-state index contributed by atoms with van der Waals surface area (Å²) in [6, 6.07) is 0. The maximum Gasteiger partial charge on any atom is 0.306 e. The van der Waals surface area contributed by atoms with Gasteiger partial charge in [0.1, 0.15) is 13.2 Å². The Hall–Kier alpha value is -4.71. The molecule has 0 heterocycles. The molecule has 6 nitrogen and oxygen atoms in total. The number of hydrogen-bond acceptors (Lipinski definition) is 6. The minimum absolute atomic E-state index is 0.0978. The average molecular weight is 1120 g/mol. The zero-order valence-corrected chi connectivity index (χ0v) is 52.5. The van der Waals surface area contributed by atoms with Crippen LogP contribution in [0.4, 0.5) is 0 Å². The van der Waals surface area contributed by atoms with Gasteiger partial charge in [0.05, 0.1) is 0 Å². The first kappa shape index (κ1) is 76.3. The Labute approximate surface area is 499 Å². The second-order valence-corrected chi connectivity index (χ2v) is 21.6. The third kappa shape index (κ3) is 66.0. The second-order valence-electron chi connectivity index (χ2n) is 21.6. The Kier molecular flexibility index (Phi) is 63.9. The molecule has 0 aromatic carbocycles. The largest absolute Gasteiger partial charge is 0.462 e. The van der Waals surface area contributed by atoms with Gasteiger partial charge >= 0.3 is 17.9 Å². The minimum atomic E-state index is -0.806. The van der Waals surface area contributed by atoms with E-state index in [2.05, 4.69) is 167 Å². The predicted molar refractivity (Wildman–Crippen MR) is 352 cm³/mol. The molecule has 0 fully saturated rings. The second kappa shape index (κ2) is 67.8. The van der Waals surface area contributed by atoms with E-state index in [-0.39, 0.29) is 31.1 Å². The molecule has 0 saturated heterocycles. The van der Waals surface area contributed by atoms with Gasteiger partial charge in [-0.15, -0.1) is 0 Å². The fraction of sp³-hybridized carbons (Fsp3) is 0.640. The molecule has 0 amide bonds. The first-order valence-corrected chi connectivity index (χ1v) is 33.3. The summed E-state index contributed by atoms with van der Waals surface area (Å²) in [7, 11) is 0. The molecule has 81 heavy (non-hydrogen) atoms. The van der Waals surface area contributed by atoms with E-state index in [9.17, 15) is 14.4 Å². The minimum Gasteiger partial charge on any atom is -0.462 e. The predicted octanol–water partition coefficient (Wildman–Crippen LogP) is 23.1. The van der Waals surface area contributed by atoms with Crippen LogP contribution in [-0.4, -0.2) is 37.2 Å². The van der Waals surface area contributed by atoms with Gasteiger partial charge in [-0.2, -0.15) is 0 Å². The van der Waals surface area contributed by atoms with Crippen molar-refractivity contribution in [2.45, 2.75) is 297 Å². The van der Waals surface area contributed by atoms with Crippen LogP contribution in [-0.2, 0) is 28.6 Å². The van der Waals surface area contributed by atoms with Gasteiger partial charge in [0.25, 0.3) is 0 Å². The Balaban J connectivity index is 4.39. The monoisotopic (exact) mass is 1120 g/mol. The van der Waals surface area contributed by atoms with Crippen molar-refractivity contribution in [3.8, 4) is 0 Å². The summed E-state index contributed by atoms with van der Waals surface area (Å²) in [5, 5.41) is 0. The molecule has 0 aliphatic rings. The molecule has 0 saturated carbocycles. The van der Waals surface area contributed by atoms with Crippen LogP contribution in [0.15, 0.2) is 146 Å². The van der Waals surface area contributed by atoms with Gasteiger partial charge in [0, 0.05) is 19.3 Å². The number of rotatable bonds is 59. The Morgan fingerprint density at radius 2 is 0.444 bits per heavy atom. The van der Waals surface area contributed by atoms with Crippen LogP contribution in [0.5, 0.6) is 0 Å². The molecule has 458 valence electrons. The third-order valence-corrected chi connectivity index (χ3v) is 13.8. The highest BCUT2D eigenvalue weighted by Gasteiger charge is 2.19. The zero-order valence-electron chi connectivity index (χ0n) is 52.5. The third-order valence-electron chi connectivity index (χ3n) is 13.8. The standard InChI is InChI=1S/C75H122O6/c1-4-7-10-13-16-19-22-25-28-30-32-34-36-37-39-40-42-44-47-50-53-56-59-62-65-68-74(77)80-71-72(70-79-73(76)67-64-61-58-55-52-49-46-27-24-21-18-15-12-9-6-3)81-75(78)69-66-63-60-57-54-51-48-45-43-41-38-35-33-31-29-26-23-20-17-14-11-8-5-2/h7-12,16-21,25-29,32-35,46,52,55,72H,4-6,13-15,22-24,30-31,36-45,47-51,53-54,56-71H2,1-3H3/b10-7-,11-8-,12-9-,19-16-,20-17-,21-18-,28-25-,29-26-,34-32-,35-33-,46-27-,55-52-. The van der Waals surface area contributed by atoms with Crippen LogP contribution in [0.25, 0.3) is 0 Å². The van der Waals surface area contributed by atoms with Gasteiger partial charge in [-0.1, -0.05) is 282 Å². The van der Waals surface area contributed by atoms with Gasteiger partial charge in [0.15, 0.2) is 6.10 Å². The normalized spacial score (nSPS) is 13.1. The number of carbonyl (C=O) groups is 3. The highest BCUT2D eigenvalue weighted by molar-refractivity contribution is 5.71. The topological polar surface area (TPSA) is 78.9 Å². The Bertz CT molecular complexity index is 1760. The SMILES string of the molecule is CC/C=C\C/C=C\C/C=C\C/C=C\CCCCCCCCCCCCCCC(=O)OCC(COC(=O)CCCC/C=C\C/C=C\C/C=C\C/C=C\CC)OC(=O)CCCCCCCCCCCC/C=C\C/C=C\C/C=C\C/C=C\CC. The van der Waals surface area contributed by atoms with E-state index in [1.54, 1.807) is 0 Å². The van der Waals surface area contributed by atoms with Crippen LogP contribution in [0.1, 0.15) is 290 Å². The van der Waals surface area contributed by atoms with Crippen LogP contribution in [0, 0.1) is 0 Å². The highest BCUT2D eigenvalue weighted by Crippen LogP contribution is 2.16. The van der Waals surface area contributed by atoms with Crippen LogP contribution >= 0.6 is 0 Å². The lowest BCUT2D eigenvalue weighted by Gasteiger charge is -2.18. The fourth-order valence-corrected chi connectivity index (χ4v) is 8.95. The first-order chi connectivity index (χ1) is 40.0. The molecule has 0 aromatic heterocycles. The summed E-state index contributed by atoms with van der Waals surface area (Å²) in [5.41, 5.74) is 0. The summed E-state index contributed by atoms with van der Waals surface area (Å²) >= 11 is 0. The molecule has 0 spiro atoms. The smallest absolute Gasteiger partial charge is 0.306 e. The number of allylic oxidation sites excluding steroid dienone is 24. The van der Waals surface area contributed by atoms with E-state index < -0.39 is 6.10 Å². The van der Waals surface area contributed by atoms with E-state index in [0.29, 0.717) is 19.3 Å². The summed E-state index contributed by atoms with van der Waals surface area (Å²) < 4.78 is 16.9. The number of carbonyl (C=O) groups excluding carboxylic acids is 3. The van der Waals surface area contributed by atoms with Crippen molar-refractivity contribution in [1.29, 1.82) is 0 Å². The molecular formula is C75H122O6. The number of ether oxygens (including phenoxy) is 3. The van der Waals surface area contributed by atoms with Crippen LogP contribution in [0.2, 0.25) is 0 Å². The zero-order chi connectivity index (χ0) is 58.5. The molecule has 0 aliphatic carbocycles. The number of esters is 3. The maximum atomic E-state index is 12.9. The van der Waals surface area contributed by atoms with Crippen molar-refractivity contribution in [3.63, 3.8) is 0 Å². The molecule has 1 atom stereocenters. The van der Waals surface area contributed by atoms with Crippen molar-refractivity contribution >= 4 is 17.9 Å². The Morgan fingerprint density at radius 1 is 0.247 bits per heavy atom. The maximum absolute atomic E-state index is 12.9. The highest BCUT2D eigenvalue weighted by atomic mass is 16.6. The molecule has 6 heteroatoms. The van der Waals surface area contributed by atoms with E-state index in [0.717, 1.165) is 135 Å². The van der Waals surface area contributed by atoms with E-state index in [4.69, 9.17) is 14.2 Å². The molecular weight excluding hydrogens is 997 g/mol. The lowest BCUT2D eigenvalue weighted by Crippen LogP contribution is -2.30. The van der Waals surface area contributed by atoms with E-state index >= 15 is 0 Å². The molecule has 1 unspecified atom stereocenters. The summed E-state index contributed by atoms with van der Waals surface area (Å²) in [6.45, 7) is 6.28. The summed E-state index contributed by atoms with van der Waals surface area (Å²) in [5.74, 6) is -0.944. The lowest BCUT2D eigenvalue weighted by atomic mass is 10.0. The van der Waals surface area contributed by atoms with Crippen LogP contribution < -0.4 is 0 Å². The summed E-state index contributed by atoms with van der Waals surface area (Å²) in [6.07, 6.45) is 97.2. The van der Waals surface area contributed by atoms with E-state index in [1.165, 1.54) is 116 Å². The van der Waals surface area contributed by atoms with E-state index in [1.807, 2.05) is 0 Å². The van der Waals surface area contributed by atoms with Gasteiger partial charge in [-0.25, -0.2) is 0 Å². The van der Waals surface area contributed by atoms with Gasteiger partial charge < -0.3 is 14.2 Å². The molecule has 0 bridgehead atoms. The van der Waals surface area contributed by atoms with Crippen LogP contribution in [0.3, 0.4) is 0 Å². The van der Waals surface area contributed by atoms with Gasteiger partial charge in [-0.3, -0.25) is 14.4 Å². The molecule has 0 radical (unpaired) electrons. The molecule has 0 aliphatic heterocycles. The molecule has 0 N–H and O–H groups in total. The van der Waals surface area contributed by atoms with Crippen molar-refractivity contribution in [2.75, 3.05) is 13.2 Å². The van der Waals surface area contributed by atoms with Gasteiger partial charge in [0.2, 0.25) is 0 Å².